The minimum absolute atomic E-state index is 0.315. The van der Waals surface area contributed by atoms with E-state index in [1.807, 2.05) is 0 Å². The van der Waals surface area contributed by atoms with Crippen LogP contribution < -0.4 is 4.74 Å². The zero-order chi connectivity index (χ0) is 24.7. The van der Waals surface area contributed by atoms with Crippen molar-refractivity contribution >= 4 is 5.91 Å². The van der Waals surface area contributed by atoms with E-state index in [2.05, 4.69) is 71.8 Å². The summed E-state index contributed by atoms with van der Waals surface area (Å²) in [4.78, 5) is 15.3. The third-order valence-electron chi connectivity index (χ3n) is 6.44. The average molecular weight is 462 g/mol. The van der Waals surface area contributed by atoms with E-state index in [4.69, 9.17) is 4.74 Å². The third-order valence-corrected chi connectivity index (χ3v) is 6.44. The number of benzene rings is 1. The number of quaternary nitrogens is 1. The molecule has 0 aliphatic carbocycles. The molecule has 0 spiro atoms. The molecular weight excluding hydrogens is 408 g/mol. The summed E-state index contributed by atoms with van der Waals surface area (Å²) in [5.41, 5.74) is 2.50. The van der Waals surface area contributed by atoms with Crippen LogP contribution >= 0.6 is 0 Å². The first-order valence-corrected chi connectivity index (χ1v) is 13.5. The molecule has 1 aromatic rings. The van der Waals surface area contributed by atoms with Crippen LogP contribution in [0.15, 0.2) is 18.2 Å². The molecule has 1 amide bonds. The Kier molecular flexibility index (Phi) is 14.4. The van der Waals surface area contributed by atoms with E-state index in [1.165, 1.54) is 49.7 Å². The fraction of sp³-hybridized carbons (Fsp3) is 0.759. The third kappa shape index (κ3) is 12.5. The van der Waals surface area contributed by atoms with Gasteiger partial charge in [0.1, 0.15) is 5.75 Å². The maximum Gasteiger partial charge on any atom is 0.277 e. The molecule has 190 valence electrons. The number of aryl methyl sites for hydroxylation is 1. The van der Waals surface area contributed by atoms with Crippen molar-refractivity contribution < 1.29 is 14.0 Å². The summed E-state index contributed by atoms with van der Waals surface area (Å²) in [6, 6.07) is 6.49. The number of hydrogen-bond acceptors (Lipinski definition) is 2. The van der Waals surface area contributed by atoms with E-state index in [9.17, 15) is 4.79 Å². The normalized spacial score (nSPS) is 11.8. The van der Waals surface area contributed by atoms with Crippen LogP contribution in [-0.2, 0) is 4.79 Å². The maximum absolute atomic E-state index is 13.2. The molecule has 0 N–H and O–H groups in total. The van der Waals surface area contributed by atoms with Crippen LogP contribution in [0.5, 0.6) is 5.75 Å². The van der Waals surface area contributed by atoms with Crippen LogP contribution in [0.4, 0.5) is 0 Å². The van der Waals surface area contributed by atoms with Gasteiger partial charge >= 0.3 is 0 Å². The van der Waals surface area contributed by atoms with E-state index in [0.29, 0.717) is 29.5 Å². The van der Waals surface area contributed by atoms with Crippen molar-refractivity contribution in [3.05, 3.63) is 29.3 Å². The van der Waals surface area contributed by atoms with Crippen molar-refractivity contribution in [3.63, 3.8) is 0 Å². The Hall–Kier alpha value is -1.55. The van der Waals surface area contributed by atoms with Crippen molar-refractivity contribution in [2.75, 3.05) is 46.9 Å². The van der Waals surface area contributed by atoms with Crippen LogP contribution in [0.25, 0.3) is 0 Å². The number of unbranched alkanes of at least 4 members (excludes halogenated alkanes) is 6. The van der Waals surface area contributed by atoms with E-state index in [1.54, 1.807) is 0 Å². The van der Waals surface area contributed by atoms with Gasteiger partial charge in [-0.3, -0.25) is 4.79 Å². The molecule has 0 aromatic heterocycles. The molecule has 0 aliphatic rings. The molecule has 0 heterocycles. The fourth-order valence-electron chi connectivity index (χ4n) is 4.28. The largest absolute Gasteiger partial charge is 0.493 e. The summed E-state index contributed by atoms with van der Waals surface area (Å²) < 4.78 is 6.89. The van der Waals surface area contributed by atoms with Gasteiger partial charge in [-0.1, -0.05) is 78.4 Å². The van der Waals surface area contributed by atoms with E-state index >= 15 is 0 Å². The van der Waals surface area contributed by atoms with Crippen molar-refractivity contribution in [2.24, 2.45) is 0 Å². The standard InChI is InChI=1S/C29H53N2O2/c1-8-10-12-14-19-30(20-15-13-11-9-2)29(32)24-31(6,7)21-16-22-33-28-23-26(5)17-18-27(28)25(3)4/h17-18,23,25H,8-16,19-22,24H2,1-7H3/q+1. The highest BCUT2D eigenvalue weighted by atomic mass is 16.5. The van der Waals surface area contributed by atoms with Gasteiger partial charge in [0.25, 0.3) is 5.91 Å². The second-order valence-corrected chi connectivity index (χ2v) is 10.7. The number of hydrogen-bond donors (Lipinski definition) is 0. The Morgan fingerprint density at radius 2 is 1.55 bits per heavy atom. The molecule has 0 atom stereocenters. The number of rotatable bonds is 18. The average Bonchev–Trinajstić information content (AvgIpc) is 2.75. The molecule has 0 bridgehead atoms. The van der Waals surface area contributed by atoms with Gasteiger partial charge in [-0.25, -0.2) is 0 Å². The lowest BCUT2D eigenvalue weighted by molar-refractivity contribution is -0.882. The SMILES string of the molecule is CCCCCCN(CCCCCC)C(=O)C[N+](C)(C)CCCOc1cc(C)ccc1C(C)C. The Morgan fingerprint density at radius 1 is 0.939 bits per heavy atom. The van der Waals surface area contributed by atoms with Gasteiger partial charge < -0.3 is 14.1 Å². The second-order valence-electron chi connectivity index (χ2n) is 10.7. The smallest absolute Gasteiger partial charge is 0.277 e. The predicted molar refractivity (Wildman–Crippen MR) is 142 cm³/mol. The van der Waals surface area contributed by atoms with Crippen LogP contribution in [0.3, 0.4) is 0 Å². The Labute approximate surface area is 205 Å². The molecule has 0 radical (unpaired) electrons. The quantitative estimate of drug-likeness (QED) is 0.175. The highest BCUT2D eigenvalue weighted by Crippen LogP contribution is 2.27. The van der Waals surface area contributed by atoms with Crippen molar-refractivity contribution in [1.29, 1.82) is 0 Å². The topological polar surface area (TPSA) is 29.5 Å². The minimum Gasteiger partial charge on any atom is -0.493 e. The number of amides is 1. The molecule has 1 aromatic carbocycles. The molecule has 0 fully saturated rings. The van der Waals surface area contributed by atoms with Crippen LogP contribution in [0.1, 0.15) is 103 Å². The molecule has 0 unspecified atom stereocenters. The summed E-state index contributed by atoms with van der Waals surface area (Å²) in [5.74, 6) is 1.78. The maximum atomic E-state index is 13.2. The van der Waals surface area contributed by atoms with E-state index in [0.717, 1.165) is 44.6 Å². The van der Waals surface area contributed by atoms with E-state index < -0.39 is 0 Å². The lowest BCUT2D eigenvalue weighted by atomic mass is 10.0. The van der Waals surface area contributed by atoms with Crippen molar-refractivity contribution in [3.8, 4) is 5.75 Å². The summed E-state index contributed by atoms with van der Waals surface area (Å²) in [6.07, 6.45) is 10.6. The molecule has 4 nitrogen and oxygen atoms in total. The number of carbonyl (C=O) groups excluding carboxylic acids is 1. The predicted octanol–water partition coefficient (Wildman–Crippen LogP) is 6.95. The lowest BCUT2D eigenvalue weighted by Crippen LogP contribution is -2.49. The molecule has 0 saturated heterocycles. The van der Waals surface area contributed by atoms with Crippen molar-refractivity contribution in [1.82, 2.24) is 4.90 Å². The Balaban J connectivity index is 2.55. The summed E-state index contributed by atoms with van der Waals surface area (Å²) in [5, 5.41) is 0. The summed E-state index contributed by atoms with van der Waals surface area (Å²) >= 11 is 0. The lowest BCUT2D eigenvalue weighted by Gasteiger charge is -2.32. The molecule has 1 rings (SSSR count). The van der Waals surface area contributed by atoms with Gasteiger partial charge in [0.2, 0.25) is 0 Å². The molecule has 4 heteroatoms. The molecule has 0 aliphatic heterocycles. The molecule has 33 heavy (non-hydrogen) atoms. The molecule has 0 saturated carbocycles. The highest BCUT2D eigenvalue weighted by molar-refractivity contribution is 5.77. The molecular formula is C29H53N2O2+. The highest BCUT2D eigenvalue weighted by Gasteiger charge is 2.24. The van der Waals surface area contributed by atoms with Gasteiger partial charge in [-0.2, -0.15) is 0 Å². The zero-order valence-corrected chi connectivity index (χ0v) is 22.9. The minimum atomic E-state index is 0.315. The summed E-state index contributed by atoms with van der Waals surface area (Å²) in [7, 11) is 4.35. The zero-order valence-electron chi connectivity index (χ0n) is 22.9. The van der Waals surface area contributed by atoms with E-state index in [-0.39, 0.29) is 0 Å². The van der Waals surface area contributed by atoms with Crippen LogP contribution in [-0.4, -0.2) is 62.2 Å². The van der Waals surface area contributed by atoms with Gasteiger partial charge in [0.15, 0.2) is 6.54 Å². The van der Waals surface area contributed by atoms with Gasteiger partial charge in [-0.15, -0.1) is 0 Å². The van der Waals surface area contributed by atoms with Gasteiger partial charge in [0.05, 0.1) is 27.2 Å². The fourth-order valence-corrected chi connectivity index (χ4v) is 4.28. The number of ether oxygens (including phenoxy) is 1. The van der Waals surface area contributed by atoms with Crippen LogP contribution in [0, 0.1) is 6.92 Å². The first-order valence-electron chi connectivity index (χ1n) is 13.5. The second kappa shape index (κ2) is 16.1. The van der Waals surface area contributed by atoms with Crippen molar-refractivity contribution in [2.45, 2.75) is 98.3 Å². The monoisotopic (exact) mass is 461 g/mol. The summed E-state index contributed by atoms with van der Waals surface area (Å²) in [6.45, 7) is 15.0. The Bertz CT molecular complexity index is 658. The Morgan fingerprint density at radius 3 is 2.09 bits per heavy atom. The number of likely N-dealkylation sites (N-methyl/N-ethyl adjacent to an activating group) is 1. The van der Waals surface area contributed by atoms with Gasteiger partial charge in [-0.05, 0) is 42.9 Å². The number of carbonyl (C=O) groups is 1. The first kappa shape index (κ1) is 29.5. The van der Waals surface area contributed by atoms with Crippen LogP contribution in [0.2, 0.25) is 0 Å². The van der Waals surface area contributed by atoms with Gasteiger partial charge in [0, 0.05) is 19.5 Å². The number of nitrogens with zero attached hydrogens (tertiary/aromatic N) is 2. The first-order chi connectivity index (χ1) is 15.7.